The van der Waals surface area contributed by atoms with Crippen LogP contribution in [-0.4, -0.2) is 29.6 Å². The van der Waals surface area contributed by atoms with Crippen molar-refractivity contribution in [1.82, 2.24) is 5.32 Å². The summed E-state index contributed by atoms with van der Waals surface area (Å²) in [4.78, 5) is 23.0. The lowest BCUT2D eigenvalue weighted by Gasteiger charge is -2.29. The summed E-state index contributed by atoms with van der Waals surface area (Å²) >= 11 is 0. The molecule has 1 amide bonds. The number of hydrogen-bond donors (Lipinski definition) is 3. The second-order valence-electron chi connectivity index (χ2n) is 5.62. The number of carboxylic acids is 1. The standard InChI is InChI=1S/C14H26N2O3/c1-10(8-9-15)6-7-13(17)16-12-5-3-2-4-11(12)14(18)19/h10-12H,2-9,15H2,1H3,(H,16,17)(H,18,19). The number of amides is 1. The highest BCUT2D eigenvalue weighted by atomic mass is 16.4. The van der Waals surface area contributed by atoms with Crippen LogP contribution in [0.15, 0.2) is 0 Å². The Morgan fingerprint density at radius 1 is 1.32 bits per heavy atom. The number of carbonyl (C=O) groups is 2. The van der Waals surface area contributed by atoms with Crippen molar-refractivity contribution in [3.63, 3.8) is 0 Å². The molecule has 5 heteroatoms. The van der Waals surface area contributed by atoms with Gasteiger partial charge in [-0.05, 0) is 38.1 Å². The highest BCUT2D eigenvalue weighted by molar-refractivity contribution is 5.78. The van der Waals surface area contributed by atoms with Gasteiger partial charge in [-0.3, -0.25) is 9.59 Å². The van der Waals surface area contributed by atoms with Crippen LogP contribution in [0.1, 0.15) is 51.9 Å². The van der Waals surface area contributed by atoms with Crippen LogP contribution in [0.25, 0.3) is 0 Å². The highest BCUT2D eigenvalue weighted by Gasteiger charge is 2.31. The van der Waals surface area contributed by atoms with Crippen molar-refractivity contribution in [1.29, 1.82) is 0 Å². The van der Waals surface area contributed by atoms with Gasteiger partial charge in [0.25, 0.3) is 0 Å². The van der Waals surface area contributed by atoms with E-state index in [1.807, 2.05) is 0 Å². The van der Waals surface area contributed by atoms with Crippen molar-refractivity contribution in [2.75, 3.05) is 6.54 Å². The van der Waals surface area contributed by atoms with Gasteiger partial charge in [0.2, 0.25) is 5.91 Å². The van der Waals surface area contributed by atoms with Gasteiger partial charge in [-0.25, -0.2) is 0 Å². The van der Waals surface area contributed by atoms with Crippen LogP contribution in [0, 0.1) is 11.8 Å². The van der Waals surface area contributed by atoms with Crippen molar-refractivity contribution in [2.24, 2.45) is 17.6 Å². The van der Waals surface area contributed by atoms with E-state index in [4.69, 9.17) is 10.8 Å². The molecule has 1 saturated carbocycles. The van der Waals surface area contributed by atoms with Crippen molar-refractivity contribution in [3.8, 4) is 0 Å². The molecule has 0 bridgehead atoms. The van der Waals surface area contributed by atoms with Gasteiger partial charge in [-0.15, -0.1) is 0 Å². The normalized spacial score (nSPS) is 24.7. The molecule has 1 rings (SSSR count). The average Bonchev–Trinajstić information content (AvgIpc) is 2.37. The Kier molecular flexibility index (Phi) is 6.84. The Bertz CT molecular complexity index is 307. The summed E-state index contributed by atoms with van der Waals surface area (Å²) in [5.74, 6) is -0.792. The Balaban J connectivity index is 2.35. The number of nitrogens with two attached hydrogens (primary N) is 1. The van der Waals surface area contributed by atoms with Gasteiger partial charge in [-0.2, -0.15) is 0 Å². The first-order valence-corrected chi connectivity index (χ1v) is 7.26. The van der Waals surface area contributed by atoms with Crippen LogP contribution in [-0.2, 0) is 9.59 Å². The third-order valence-electron chi connectivity index (χ3n) is 3.95. The van der Waals surface area contributed by atoms with E-state index in [-0.39, 0.29) is 11.9 Å². The molecule has 0 aromatic heterocycles. The molecular weight excluding hydrogens is 244 g/mol. The first kappa shape index (κ1) is 16.0. The average molecular weight is 270 g/mol. The van der Waals surface area contributed by atoms with Crippen LogP contribution in [0.5, 0.6) is 0 Å². The maximum atomic E-state index is 11.9. The molecule has 0 spiro atoms. The molecule has 1 fully saturated rings. The minimum absolute atomic E-state index is 0.0259. The van der Waals surface area contributed by atoms with Gasteiger partial charge < -0.3 is 16.2 Å². The summed E-state index contributed by atoms with van der Waals surface area (Å²) in [5, 5.41) is 12.0. The van der Waals surface area contributed by atoms with Gasteiger partial charge >= 0.3 is 5.97 Å². The van der Waals surface area contributed by atoms with Gasteiger partial charge in [0.05, 0.1) is 5.92 Å². The zero-order chi connectivity index (χ0) is 14.3. The van der Waals surface area contributed by atoms with Crippen LogP contribution in [0.4, 0.5) is 0 Å². The van der Waals surface area contributed by atoms with E-state index < -0.39 is 11.9 Å². The van der Waals surface area contributed by atoms with E-state index in [0.717, 1.165) is 32.1 Å². The summed E-state index contributed by atoms with van der Waals surface area (Å²) in [5.41, 5.74) is 5.47. The van der Waals surface area contributed by atoms with E-state index in [2.05, 4.69) is 12.2 Å². The molecule has 3 atom stereocenters. The molecule has 0 aliphatic heterocycles. The molecule has 0 aromatic carbocycles. The van der Waals surface area contributed by atoms with E-state index >= 15 is 0 Å². The molecule has 5 nitrogen and oxygen atoms in total. The summed E-state index contributed by atoms with van der Waals surface area (Å²) in [6.07, 6.45) is 5.59. The zero-order valence-electron chi connectivity index (χ0n) is 11.7. The van der Waals surface area contributed by atoms with Crippen LogP contribution in [0.3, 0.4) is 0 Å². The quantitative estimate of drug-likeness (QED) is 0.654. The Morgan fingerprint density at radius 3 is 2.63 bits per heavy atom. The number of nitrogens with one attached hydrogen (secondary N) is 1. The van der Waals surface area contributed by atoms with E-state index in [1.165, 1.54) is 0 Å². The van der Waals surface area contributed by atoms with Gasteiger partial charge in [0.15, 0.2) is 0 Å². The fourth-order valence-electron chi connectivity index (χ4n) is 2.68. The maximum absolute atomic E-state index is 11.9. The van der Waals surface area contributed by atoms with Crippen molar-refractivity contribution < 1.29 is 14.7 Å². The third-order valence-corrected chi connectivity index (χ3v) is 3.95. The molecule has 0 radical (unpaired) electrons. The molecule has 4 N–H and O–H groups in total. The Morgan fingerprint density at radius 2 is 2.00 bits per heavy atom. The summed E-state index contributed by atoms with van der Waals surface area (Å²) in [6, 6.07) is -0.191. The first-order chi connectivity index (χ1) is 9.04. The maximum Gasteiger partial charge on any atom is 0.308 e. The van der Waals surface area contributed by atoms with Crippen LogP contribution >= 0.6 is 0 Å². The monoisotopic (exact) mass is 270 g/mol. The SMILES string of the molecule is CC(CCN)CCC(=O)NC1CCCCC1C(=O)O. The predicted octanol–water partition coefficient (Wildman–Crippen LogP) is 1.51. The first-order valence-electron chi connectivity index (χ1n) is 7.26. The molecule has 1 aliphatic carbocycles. The molecular formula is C14H26N2O3. The zero-order valence-corrected chi connectivity index (χ0v) is 11.7. The lowest BCUT2D eigenvalue weighted by Crippen LogP contribution is -2.45. The number of rotatable bonds is 7. The summed E-state index contributed by atoms with van der Waals surface area (Å²) in [6.45, 7) is 2.73. The third kappa shape index (κ3) is 5.59. The molecule has 0 aromatic rings. The Hall–Kier alpha value is -1.10. The van der Waals surface area contributed by atoms with Crippen LogP contribution < -0.4 is 11.1 Å². The van der Waals surface area contributed by atoms with Crippen molar-refractivity contribution >= 4 is 11.9 Å². The van der Waals surface area contributed by atoms with E-state index in [9.17, 15) is 9.59 Å². The van der Waals surface area contributed by atoms with Crippen molar-refractivity contribution in [3.05, 3.63) is 0 Å². The minimum Gasteiger partial charge on any atom is -0.481 e. The topological polar surface area (TPSA) is 92.4 Å². The predicted molar refractivity (Wildman–Crippen MR) is 73.6 cm³/mol. The highest BCUT2D eigenvalue weighted by Crippen LogP contribution is 2.24. The second-order valence-corrected chi connectivity index (χ2v) is 5.62. The van der Waals surface area contributed by atoms with Gasteiger partial charge in [0, 0.05) is 12.5 Å². The fourth-order valence-corrected chi connectivity index (χ4v) is 2.68. The summed E-state index contributed by atoms with van der Waals surface area (Å²) < 4.78 is 0. The fraction of sp³-hybridized carbons (Fsp3) is 0.857. The Labute approximate surface area is 114 Å². The molecule has 3 unspecified atom stereocenters. The molecule has 1 aliphatic rings. The van der Waals surface area contributed by atoms with E-state index in [0.29, 0.717) is 25.3 Å². The smallest absolute Gasteiger partial charge is 0.308 e. The van der Waals surface area contributed by atoms with Gasteiger partial charge in [-0.1, -0.05) is 19.8 Å². The summed E-state index contributed by atoms with van der Waals surface area (Å²) in [7, 11) is 0. The van der Waals surface area contributed by atoms with Gasteiger partial charge in [0.1, 0.15) is 0 Å². The second kappa shape index (κ2) is 8.15. The molecule has 19 heavy (non-hydrogen) atoms. The lowest BCUT2D eigenvalue weighted by molar-refractivity contribution is -0.144. The largest absolute Gasteiger partial charge is 0.481 e. The molecule has 110 valence electrons. The lowest BCUT2D eigenvalue weighted by atomic mass is 9.84. The van der Waals surface area contributed by atoms with E-state index in [1.54, 1.807) is 0 Å². The number of hydrogen-bond acceptors (Lipinski definition) is 3. The van der Waals surface area contributed by atoms with Crippen LogP contribution in [0.2, 0.25) is 0 Å². The minimum atomic E-state index is -0.790. The number of aliphatic carboxylic acids is 1. The van der Waals surface area contributed by atoms with Crippen molar-refractivity contribution in [2.45, 2.75) is 57.9 Å². The number of carboxylic acid groups (broad SMARTS) is 1. The molecule has 0 saturated heterocycles. The molecule has 0 heterocycles. The number of carbonyl (C=O) groups excluding carboxylic acids is 1.